The Kier molecular flexibility index (Phi) is 12.7. The molecule has 0 aliphatic heterocycles. The molecule has 18 heavy (non-hydrogen) atoms. The van der Waals surface area contributed by atoms with Crippen LogP contribution in [0.15, 0.2) is 0 Å². The van der Waals surface area contributed by atoms with Gasteiger partial charge in [-0.3, -0.25) is 4.79 Å². The summed E-state index contributed by atoms with van der Waals surface area (Å²) in [5.41, 5.74) is 0. The largest absolute Gasteiger partial charge is 0.631 e. The van der Waals surface area contributed by atoms with Gasteiger partial charge in [-0.15, -0.1) is 0 Å². The molecule has 106 valence electrons. The highest BCUT2D eigenvalue weighted by Gasteiger charge is 2.03. The Balaban J connectivity index is 3.53. The van der Waals surface area contributed by atoms with Crippen molar-refractivity contribution in [1.82, 2.24) is 0 Å². The van der Waals surface area contributed by atoms with E-state index in [1.54, 1.807) is 0 Å². The predicted octanol–water partition coefficient (Wildman–Crippen LogP) is 2.10. The molecule has 5 heteroatoms. The van der Waals surface area contributed by atoms with Gasteiger partial charge in [0, 0.05) is 14.4 Å². The number of carbonyl (C=O) groups excluding carboxylic acids is 1. The van der Waals surface area contributed by atoms with Gasteiger partial charge in [-0.25, -0.2) is 0 Å². The summed E-state index contributed by atoms with van der Waals surface area (Å²) in [6.07, 6.45) is 4.63. The second-order valence-electron chi connectivity index (χ2n) is 4.07. The van der Waals surface area contributed by atoms with E-state index in [1.807, 2.05) is 6.92 Å². The van der Waals surface area contributed by atoms with Crippen molar-refractivity contribution < 1.29 is 19.2 Å². The van der Waals surface area contributed by atoms with Gasteiger partial charge in [0.05, 0.1) is 19.0 Å². The van der Waals surface area contributed by atoms with Crippen molar-refractivity contribution in [2.24, 2.45) is 0 Å². The van der Waals surface area contributed by atoms with Crippen molar-refractivity contribution in [1.29, 1.82) is 0 Å². The molecule has 0 spiro atoms. The van der Waals surface area contributed by atoms with Gasteiger partial charge in [-0.2, -0.15) is 0 Å². The maximum Gasteiger partial charge on any atom is 0.313 e. The van der Waals surface area contributed by atoms with Crippen LogP contribution in [0.3, 0.4) is 0 Å². The summed E-state index contributed by atoms with van der Waals surface area (Å²) >= 11 is 0. The van der Waals surface area contributed by atoms with Crippen LogP contribution in [0.1, 0.15) is 46.0 Å². The van der Waals surface area contributed by atoms with E-state index in [0.29, 0.717) is 19.4 Å². The lowest BCUT2D eigenvalue weighted by Crippen LogP contribution is -2.08. The van der Waals surface area contributed by atoms with Crippen LogP contribution in [-0.2, 0) is 14.3 Å². The minimum absolute atomic E-state index is 0.133. The Morgan fingerprint density at radius 1 is 1.17 bits per heavy atom. The molecule has 0 bridgehead atoms. The molecule has 0 radical (unpaired) electrons. The third kappa shape index (κ3) is 12.0. The molecule has 0 N–H and O–H groups in total. The highest BCUT2D eigenvalue weighted by atomic mass is 31.1. The Bertz CT molecular complexity index is 241. The first-order chi connectivity index (χ1) is 8.70. The summed E-state index contributed by atoms with van der Waals surface area (Å²) in [5.74, 6) is 1.24. The van der Waals surface area contributed by atoms with Gasteiger partial charge < -0.3 is 14.4 Å². The molecule has 0 saturated heterocycles. The number of esters is 1. The molecule has 0 amide bonds. The van der Waals surface area contributed by atoms with Crippen LogP contribution in [-0.4, -0.2) is 37.7 Å². The Morgan fingerprint density at radius 3 is 2.50 bits per heavy atom. The summed E-state index contributed by atoms with van der Waals surface area (Å²) < 4.78 is 10.3. The normalized spacial score (nSPS) is 11.6. The van der Waals surface area contributed by atoms with Crippen molar-refractivity contribution in [3.05, 3.63) is 0 Å². The van der Waals surface area contributed by atoms with E-state index in [2.05, 4.69) is 6.92 Å². The van der Waals surface area contributed by atoms with E-state index in [-0.39, 0.29) is 12.4 Å². The molecule has 0 rings (SSSR count). The summed E-state index contributed by atoms with van der Waals surface area (Å²) in [6.45, 7) is 5.81. The zero-order chi connectivity index (χ0) is 13.6. The van der Waals surface area contributed by atoms with Gasteiger partial charge >= 0.3 is 5.97 Å². The van der Waals surface area contributed by atoms with E-state index >= 15 is 0 Å². The van der Waals surface area contributed by atoms with Crippen LogP contribution < -0.4 is 4.89 Å². The first-order valence-corrected chi connectivity index (χ1v) is 8.22. The smallest absolute Gasteiger partial charge is 0.313 e. The molecule has 0 saturated carbocycles. The lowest BCUT2D eigenvalue weighted by atomic mass is 10.4. The fourth-order valence-electron chi connectivity index (χ4n) is 1.16. The van der Waals surface area contributed by atoms with Crippen molar-refractivity contribution in [2.45, 2.75) is 46.0 Å². The number of hydrogen-bond acceptors (Lipinski definition) is 4. The molecular formula is C13H25O4P. The lowest BCUT2D eigenvalue weighted by Gasteiger charge is -2.02. The molecule has 0 aromatic rings. The molecule has 4 nitrogen and oxygen atoms in total. The van der Waals surface area contributed by atoms with Crippen LogP contribution in [0.25, 0.3) is 0 Å². The zero-order valence-corrected chi connectivity index (χ0v) is 12.4. The van der Waals surface area contributed by atoms with Crippen molar-refractivity contribution >= 4 is 19.5 Å². The molecule has 1 atom stereocenters. The van der Waals surface area contributed by atoms with Gasteiger partial charge in [-0.05, 0) is 12.8 Å². The first-order valence-electron chi connectivity index (χ1n) is 6.71. The number of ether oxygens (including phenoxy) is 2. The highest BCUT2D eigenvalue weighted by molar-refractivity contribution is 7.50. The molecule has 0 aromatic heterocycles. The molecule has 0 aliphatic rings. The number of rotatable bonds is 11. The highest BCUT2D eigenvalue weighted by Crippen LogP contribution is 2.09. The summed E-state index contributed by atoms with van der Waals surface area (Å²) in [7, 11) is -1.45. The molecule has 0 heterocycles. The van der Waals surface area contributed by atoms with Crippen LogP contribution in [0.4, 0.5) is 0 Å². The topological polar surface area (TPSA) is 58.6 Å². The Hall–Kier alpha value is -0.440. The number of carbonyl (C=O) groups is 1. The molecular weight excluding hydrogens is 251 g/mol. The fraction of sp³-hybridized carbons (Fsp3) is 0.846. The van der Waals surface area contributed by atoms with Crippen molar-refractivity contribution in [2.75, 3.05) is 26.0 Å². The van der Waals surface area contributed by atoms with E-state index in [4.69, 9.17) is 9.47 Å². The molecule has 0 fully saturated rings. The van der Waals surface area contributed by atoms with E-state index < -0.39 is 7.77 Å². The van der Waals surface area contributed by atoms with E-state index in [0.717, 1.165) is 32.3 Å². The quantitative estimate of drug-likeness (QED) is 0.329. The minimum atomic E-state index is -1.45. The SMILES string of the molecule is CCCCOCC[P+]([O-])=CCC(=O)OCCCC. The lowest BCUT2D eigenvalue weighted by molar-refractivity contribution is -0.153. The Labute approximate surface area is 111 Å². The zero-order valence-electron chi connectivity index (χ0n) is 11.5. The van der Waals surface area contributed by atoms with Crippen molar-refractivity contribution in [3.63, 3.8) is 0 Å². The first kappa shape index (κ1) is 17.6. The summed E-state index contributed by atoms with van der Waals surface area (Å²) in [4.78, 5) is 22.7. The average molecular weight is 276 g/mol. The van der Waals surface area contributed by atoms with Crippen LogP contribution in [0, 0.1) is 0 Å². The fourth-order valence-corrected chi connectivity index (χ4v) is 2.00. The van der Waals surface area contributed by atoms with Crippen molar-refractivity contribution in [3.8, 4) is 0 Å². The summed E-state index contributed by atoms with van der Waals surface area (Å²) in [6, 6.07) is 0. The maximum atomic E-state index is 11.5. The number of hydrogen-bond donors (Lipinski definition) is 0. The Morgan fingerprint density at radius 2 is 1.83 bits per heavy atom. The third-order valence-electron chi connectivity index (χ3n) is 2.32. The molecule has 1 unspecified atom stereocenters. The van der Waals surface area contributed by atoms with Crippen LogP contribution >= 0.6 is 7.77 Å². The summed E-state index contributed by atoms with van der Waals surface area (Å²) in [5, 5.41) is 0. The van der Waals surface area contributed by atoms with Gasteiger partial charge in [-0.1, -0.05) is 26.7 Å². The maximum absolute atomic E-state index is 11.5. The number of unbranched alkanes of at least 4 members (excludes halogenated alkanes) is 2. The molecule has 0 aromatic carbocycles. The van der Waals surface area contributed by atoms with Gasteiger partial charge in [0.1, 0.15) is 12.6 Å². The second kappa shape index (κ2) is 13.0. The predicted molar refractivity (Wildman–Crippen MR) is 74.1 cm³/mol. The molecule has 0 aliphatic carbocycles. The minimum Gasteiger partial charge on any atom is -0.631 e. The van der Waals surface area contributed by atoms with Crippen LogP contribution in [0.5, 0.6) is 0 Å². The third-order valence-corrected chi connectivity index (χ3v) is 3.53. The van der Waals surface area contributed by atoms with Gasteiger partial charge in [0.15, 0.2) is 0 Å². The van der Waals surface area contributed by atoms with Gasteiger partial charge in [0.25, 0.3) is 0 Å². The monoisotopic (exact) mass is 276 g/mol. The van der Waals surface area contributed by atoms with E-state index in [9.17, 15) is 9.69 Å². The van der Waals surface area contributed by atoms with E-state index in [1.165, 1.54) is 5.80 Å². The second-order valence-corrected chi connectivity index (χ2v) is 5.71. The average Bonchev–Trinajstić information content (AvgIpc) is 2.36. The standard InChI is InChI=1S/C13H25O4P/c1-3-5-8-16-10-12-18(15)11-7-13(14)17-9-6-4-2/h11H,3-10,12H2,1-2H3. The van der Waals surface area contributed by atoms with Gasteiger partial charge in [0.2, 0.25) is 0 Å². The van der Waals surface area contributed by atoms with Crippen LogP contribution in [0.2, 0.25) is 0 Å².